The number of carbonyl (C=O) groups excluding carboxylic acids is 1. The molecule has 4 nitrogen and oxygen atoms in total. The molecule has 1 fully saturated rings. The number of rotatable bonds is 4. The summed E-state index contributed by atoms with van der Waals surface area (Å²) in [5, 5.41) is 6.53. The lowest BCUT2D eigenvalue weighted by Gasteiger charge is -2.29. The van der Waals surface area contributed by atoms with Crippen molar-refractivity contribution >= 4 is 5.91 Å². The number of hydrogen-bond acceptors (Lipinski definition) is 3. The van der Waals surface area contributed by atoms with E-state index in [9.17, 15) is 4.79 Å². The van der Waals surface area contributed by atoms with E-state index in [1.807, 2.05) is 18.2 Å². The van der Waals surface area contributed by atoms with E-state index in [1.165, 1.54) is 18.4 Å². The van der Waals surface area contributed by atoms with Crippen LogP contribution in [0.2, 0.25) is 0 Å². The minimum Gasteiger partial charge on any atom is -0.491 e. The van der Waals surface area contributed by atoms with E-state index in [0.29, 0.717) is 24.9 Å². The minimum atomic E-state index is 0.0997. The van der Waals surface area contributed by atoms with Gasteiger partial charge in [-0.1, -0.05) is 25.1 Å². The van der Waals surface area contributed by atoms with E-state index in [0.717, 1.165) is 25.3 Å². The minimum absolute atomic E-state index is 0.0997. The number of piperidine rings is 1. The van der Waals surface area contributed by atoms with Gasteiger partial charge < -0.3 is 15.4 Å². The number of carbonyl (C=O) groups is 1. The van der Waals surface area contributed by atoms with Crippen LogP contribution in [-0.2, 0) is 11.2 Å². The lowest BCUT2D eigenvalue weighted by Crippen LogP contribution is -2.43. The van der Waals surface area contributed by atoms with Gasteiger partial charge in [0.1, 0.15) is 12.4 Å². The highest BCUT2D eigenvalue weighted by Gasteiger charge is 2.25. The van der Waals surface area contributed by atoms with Gasteiger partial charge >= 0.3 is 0 Å². The van der Waals surface area contributed by atoms with Crippen molar-refractivity contribution in [2.45, 2.75) is 38.6 Å². The summed E-state index contributed by atoms with van der Waals surface area (Å²) in [6.07, 6.45) is 3.87. The Morgan fingerprint density at radius 3 is 2.95 bits per heavy atom. The van der Waals surface area contributed by atoms with Gasteiger partial charge in [-0.05, 0) is 55.8 Å². The molecule has 2 atom stereocenters. The first-order chi connectivity index (χ1) is 10.7. The second-order valence-electron chi connectivity index (χ2n) is 6.66. The van der Waals surface area contributed by atoms with E-state index in [1.54, 1.807) is 0 Å². The summed E-state index contributed by atoms with van der Waals surface area (Å²) in [7, 11) is 0. The quantitative estimate of drug-likeness (QED) is 0.896. The van der Waals surface area contributed by atoms with Crippen LogP contribution in [0, 0.1) is 11.8 Å². The van der Waals surface area contributed by atoms with E-state index >= 15 is 0 Å². The molecule has 2 aliphatic rings. The van der Waals surface area contributed by atoms with E-state index in [-0.39, 0.29) is 11.9 Å². The van der Waals surface area contributed by atoms with E-state index in [2.05, 4.69) is 23.6 Å². The van der Waals surface area contributed by atoms with Crippen molar-refractivity contribution in [2.75, 3.05) is 19.7 Å². The van der Waals surface area contributed by atoms with Crippen molar-refractivity contribution in [1.29, 1.82) is 0 Å². The highest BCUT2D eigenvalue weighted by atomic mass is 16.5. The summed E-state index contributed by atoms with van der Waals surface area (Å²) in [6, 6.07) is 8.17. The third-order valence-electron chi connectivity index (χ3n) is 4.94. The van der Waals surface area contributed by atoms with Gasteiger partial charge in [0.2, 0.25) is 5.91 Å². The zero-order valence-electron chi connectivity index (χ0n) is 13.3. The van der Waals surface area contributed by atoms with Crippen molar-refractivity contribution in [3.05, 3.63) is 29.8 Å². The Bertz CT molecular complexity index is 512. The van der Waals surface area contributed by atoms with Crippen molar-refractivity contribution < 1.29 is 9.53 Å². The summed E-state index contributed by atoms with van der Waals surface area (Å²) in [5.74, 6) is 2.25. The Kier molecular flexibility index (Phi) is 4.98. The number of amides is 1. The lowest BCUT2D eigenvalue weighted by molar-refractivity contribution is -0.123. The van der Waals surface area contributed by atoms with Crippen LogP contribution in [0.25, 0.3) is 0 Å². The number of hydrogen-bond donors (Lipinski definition) is 2. The van der Waals surface area contributed by atoms with Crippen LogP contribution in [0.3, 0.4) is 0 Å². The zero-order valence-corrected chi connectivity index (χ0v) is 13.3. The molecule has 1 amide bonds. The van der Waals surface area contributed by atoms with Gasteiger partial charge in [-0.15, -0.1) is 0 Å². The molecule has 2 N–H and O–H groups in total. The standard InChI is InChI=1S/C18H26N2O2/c1-13(14-6-8-19-9-7-14)10-18(21)20-16-11-15-4-2-3-5-17(15)22-12-16/h2-5,13-14,16,19H,6-12H2,1H3,(H,20,21). The summed E-state index contributed by atoms with van der Waals surface area (Å²) in [4.78, 5) is 12.3. The summed E-state index contributed by atoms with van der Waals surface area (Å²) in [6.45, 7) is 4.96. The number of fused-ring (bicyclic) bond motifs is 1. The summed E-state index contributed by atoms with van der Waals surface area (Å²) in [5.41, 5.74) is 1.19. The van der Waals surface area contributed by atoms with Gasteiger partial charge in [-0.25, -0.2) is 0 Å². The fourth-order valence-electron chi connectivity index (χ4n) is 3.58. The molecule has 0 aliphatic carbocycles. The predicted molar refractivity (Wildman–Crippen MR) is 86.9 cm³/mol. The molecule has 2 aliphatic heterocycles. The molecule has 2 heterocycles. The fraction of sp³-hybridized carbons (Fsp3) is 0.611. The monoisotopic (exact) mass is 302 g/mol. The first kappa shape index (κ1) is 15.3. The van der Waals surface area contributed by atoms with Crippen molar-refractivity contribution in [2.24, 2.45) is 11.8 Å². The fourth-order valence-corrected chi connectivity index (χ4v) is 3.58. The van der Waals surface area contributed by atoms with Gasteiger partial charge in [0.05, 0.1) is 6.04 Å². The van der Waals surface area contributed by atoms with Crippen molar-refractivity contribution in [3.8, 4) is 5.75 Å². The second-order valence-corrected chi connectivity index (χ2v) is 6.66. The molecule has 1 aromatic rings. The van der Waals surface area contributed by atoms with Crippen LogP contribution >= 0.6 is 0 Å². The Hall–Kier alpha value is -1.55. The third kappa shape index (κ3) is 3.80. The van der Waals surface area contributed by atoms with Crippen LogP contribution in [0.4, 0.5) is 0 Å². The molecule has 2 unspecified atom stereocenters. The maximum Gasteiger partial charge on any atom is 0.220 e. The van der Waals surface area contributed by atoms with Crippen LogP contribution in [0.15, 0.2) is 24.3 Å². The molecule has 0 aromatic heterocycles. The van der Waals surface area contributed by atoms with E-state index < -0.39 is 0 Å². The molecule has 1 saturated heterocycles. The molecule has 0 bridgehead atoms. The highest BCUT2D eigenvalue weighted by Crippen LogP contribution is 2.26. The third-order valence-corrected chi connectivity index (χ3v) is 4.94. The average molecular weight is 302 g/mol. The van der Waals surface area contributed by atoms with Gasteiger partial charge in [-0.2, -0.15) is 0 Å². The van der Waals surface area contributed by atoms with Crippen LogP contribution in [0.5, 0.6) is 5.75 Å². The SMILES string of the molecule is CC(CC(=O)NC1COc2ccccc2C1)C1CCNCC1. The maximum absolute atomic E-state index is 12.3. The molecule has 0 radical (unpaired) electrons. The van der Waals surface area contributed by atoms with Gasteiger partial charge in [-0.3, -0.25) is 4.79 Å². The maximum atomic E-state index is 12.3. The van der Waals surface area contributed by atoms with Crippen LogP contribution < -0.4 is 15.4 Å². The summed E-state index contributed by atoms with van der Waals surface area (Å²) < 4.78 is 5.74. The van der Waals surface area contributed by atoms with Crippen molar-refractivity contribution in [3.63, 3.8) is 0 Å². The lowest BCUT2D eigenvalue weighted by atomic mass is 9.84. The Balaban J connectivity index is 1.48. The predicted octanol–water partition coefficient (Wildman–Crippen LogP) is 2.13. The Labute approximate surface area is 132 Å². The number of nitrogens with one attached hydrogen (secondary N) is 2. The zero-order chi connectivity index (χ0) is 15.4. The van der Waals surface area contributed by atoms with Crippen LogP contribution in [-0.4, -0.2) is 31.6 Å². The van der Waals surface area contributed by atoms with Gasteiger partial charge in [0, 0.05) is 6.42 Å². The van der Waals surface area contributed by atoms with Gasteiger partial charge in [0.25, 0.3) is 0 Å². The molecular formula is C18H26N2O2. The summed E-state index contributed by atoms with van der Waals surface area (Å²) >= 11 is 0. The van der Waals surface area contributed by atoms with E-state index in [4.69, 9.17) is 4.74 Å². The van der Waals surface area contributed by atoms with Gasteiger partial charge in [0.15, 0.2) is 0 Å². The number of para-hydroxylation sites is 1. The van der Waals surface area contributed by atoms with Crippen molar-refractivity contribution in [1.82, 2.24) is 10.6 Å². The first-order valence-corrected chi connectivity index (χ1v) is 8.43. The number of benzene rings is 1. The molecule has 22 heavy (non-hydrogen) atoms. The molecule has 4 heteroatoms. The average Bonchev–Trinajstić information content (AvgIpc) is 2.55. The second kappa shape index (κ2) is 7.14. The Morgan fingerprint density at radius 2 is 2.14 bits per heavy atom. The molecule has 1 aromatic carbocycles. The molecule has 120 valence electrons. The molecule has 0 spiro atoms. The first-order valence-electron chi connectivity index (χ1n) is 8.43. The molecule has 0 saturated carbocycles. The normalized spacial score (nSPS) is 23.2. The Morgan fingerprint density at radius 1 is 1.36 bits per heavy atom. The molecule has 3 rings (SSSR count). The smallest absolute Gasteiger partial charge is 0.220 e. The highest BCUT2D eigenvalue weighted by molar-refractivity contribution is 5.76. The molecular weight excluding hydrogens is 276 g/mol. The topological polar surface area (TPSA) is 50.4 Å². The largest absolute Gasteiger partial charge is 0.491 e. The van der Waals surface area contributed by atoms with Crippen LogP contribution in [0.1, 0.15) is 31.7 Å². The number of ether oxygens (including phenoxy) is 1.